The normalized spacial score (nSPS) is 10.0. The molecule has 1 heterocycles. The van der Waals surface area contributed by atoms with E-state index in [0.29, 0.717) is 5.56 Å². The van der Waals surface area contributed by atoms with Crippen molar-refractivity contribution in [2.75, 3.05) is 11.5 Å². The Bertz CT molecular complexity index is 506. The molecule has 0 aliphatic carbocycles. The van der Waals surface area contributed by atoms with Gasteiger partial charge in [0, 0.05) is 5.56 Å². The van der Waals surface area contributed by atoms with Crippen molar-refractivity contribution in [3.05, 3.63) is 41.7 Å². The summed E-state index contributed by atoms with van der Waals surface area (Å²) in [5.74, 6) is -0.504. The number of benzene rings is 1. The fourth-order valence-corrected chi connectivity index (χ4v) is 1.23. The molecular weight excluding hydrogens is 206 g/mol. The topological polar surface area (TPSA) is 108 Å². The maximum atomic E-state index is 11.9. The molecule has 0 fully saturated rings. The summed E-state index contributed by atoms with van der Waals surface area (Å²) in [4.78, 5) is 23.0. The van der Waals surface area contributed by atoms with Gasteiger partial charge in [-0.15, -0.1) is 0 Å². The number of aromatic nitrogens is 3. The van der Waals surface area contributed by atoms with Crippen molar-refractivity contribution < 1.29 is 4.79 Å². The largest absolute Gasteiger partial charge is 0.368 e. The molecule has 0 bridgehead atoms. The minimum atomic E-state index is -0.332. The lowest BCUT2D eigenvalue weighted by Crippen LogP contribution is -2.12. The standard InChI is InChI=1S/C10H9N5O/c11-9-13-8(14-10(12)15-9)7(16)6-4-2-1-3-5-6/h1-5H,(H4,11,12,13,14,15). The van der Waals surface area contributed by atoms with E-state index in [1.807, 2.05) is 6.07 Å². The van der Waals surface area contributed by atoms with E-state index in [4.69, 9.17) is 11.5 Å². The Morgan fingerprint density at radius 1 is 0.938 bits per heavy atom. The van der Waals surface area contributed by atoms with E-state index in [-0.39, 0.29) is 23.5 Å². The molecule has 2 rings (SSSR count). The number of hydrogen-bond donors (Lipinski definition) is 2. The van der Waals surface area contributed by atoms with Crippen LogP contribution in [0.25, 0.3) is 0 Å². The second kappa shape index (κ2) is 3.93. The van der Waals surface area contributed by atoms with Gasteiger partial charge in [0.2, 0.25) is 23.5 Å². The van der Waals surface area contributed by atoms with Gasteiger partial charge in [-0.1, -0.05) is 30.3 Å². The number of nitrogen functional groups attached to an aromatic ring is 2. The van der Waals surface area contributed by atoms with Crippen LogP contribution in [0.5, 0.6) is 0 Å². The molecule has 0 aliphatic rings. The van der Waals surface area contributed by atoms with Crippen LogP contribution in [0.1, 0.15) is 16.2 Å². The first-order valence-corrected chi connectivity index (χ1v) is 4.53. The molecular formula is C10H9N5O. The second-order valence-electron chi connectivity index (χ2n) is 3.07. The lowest BCUT2D eigenvalue weighted by molar-refractivity contribution is 0.102. The van der Waals surface area contributed by atoms with Gasteiger partial charge < -0.3 is 11.5 Å². The van der Waals surface area contributed by atoms with Crippen molar-refractivity contribution in [3.8, 4) is 0 Å². The Morgan fingerprint density at radius 2 is 1.50 bits per heavy atom. The van der Waals surface area contributed by atoms with Gasteiger partial charge in [0.1, 0.15) is 0 Å². The Kier molecular flexibility index (Phi) is 2.47. The van der Waals surface area contributed by atoms with Crippen LogP contribution in [0, 0.1) is 0 Å². The SMILES string of the molecule is Nc1nc(N)nc(C(=O)c2ccccc2)n1. The maximum absolute atomic E-state index is 11.9. The van der Waals surface area contributed by atoms with Gasteiger partial charge in [-0.25, -0.2) is 0 Å². The van der Waals surface area contributed by atoms with Crippen molar-refractivity contribution in [1.29, 1.82) is 0 Å². The summed E-state index contributed by atoms with van der Waals surface area (Å²) in [6.45, 7) is 0. The first-order valence-electron chi connectivity index (χ1n) is 4.53. The van der Waals surface area contributed by atoms with Crippen LogP contribution in [0.2, 0.25) is 0 Å². The highest BCUT2D eigenvalue weighted by Crippen LogP contribution is 2.07. The van der Waals surface area contributed by atoms with Gasteiger partial charge in [-0.05, 0) is 0 Å². The molecule has 0 aliphatic heterocycles. The van der Waals surface area contributed by atoms with Crippen molar-refractivity contribution in [1.82, 2.24) is 15.0 Å². The molecule has 1 aromatic heterocycles. The van der Waals surface area contributed by atoms with Crippen LogP contribution in [0.4, 0.5) is 11.9 Å². The highest BCUT2D eigenvalue weighted by molar-refractivity contribution is 6.06. The van der Waals surface area contributed by atoms with Crippen LogP contribution in [-0.4, -0.2) is 20.7 Å². The highest BCUT2D eigenvalue weighted by atomic mass is 16.1. The molecule has 80 valence electrons. The van der Waals surface area contributed by atoms with Crippen LogP contribution in [0.15, 0.2) is 30.3 Å². The molecule has 6 nitrogen and oxygen atoms in total. The fraction of sp³-hybridized carbons (Fsp3) is 0. The number of carbonyl (C=O) groups excluding carboxylic acids is 1. The molecule has 0 unspecified atom stereocenters. The van der Waals surface area contributed by atoms with E-state index in [1.165, 1.54) is 0 Å². The number of nitrogens with zero attached hydrogens (tertiary/aromatic N) is 3. The lowest BCUT2D eigenvalue weighted by Gasteiger charge is -2.00. The molecule has 16 heavy (non-hydrogen) atoms. The van der Waals surface area contributed by atoms with E-state index in [0.717, 1.165) is 0 Å². The van der Waals surface area contributed by atoms with Gasteiger partial charge in [0.25, 0.3) is 0 Å². The third kappa shape index (κ3) is 1.95. The number of ketones is 1. The molecule has 0 saturated carbocycles. The maximum Gasteiger partial charge on any atom is 0.230 e. The zero-order valence-corrected chi connectivity index (χ0v) is 8.29. The van der Waals surface area contributed by atoms with Crippen molar-refractivity contribution in [2.24, 2.45) is 0 Å². The van der Waals surface area contributed by atoms with Gasteiger partial charge in [0.05, 0.1) is 0 Å². The number of carbonyl (C=O) groups is 1. The number of hydrogen-bond acceptors (Lipinski definition) is 6. The van der Waals surface area contributed by atoms with Gasteiger partial charge in [-0.2, -0.15) is 15.0 Å². The van der Waals surface area contributed by atoms with Crippen LogP contribution in [0.3, 0.4) is 0 Å². The third-order valence-electron chi connectivity index (χ3n) is 1.91. The Hall–Kier alpha value is -2.50. The van der Waals surface area contributed by atoms with Crippen molar-refractivity contribution in [2.45, 2.75) is 0 Å². The Balaban J connectivity index is 2.42. The van der Waals surface area contributed by atoms with Gasteiger partial charge in [0.15, 0.2) is 0 Å². The fourth-order valence-electron chi connectivity index (χ4n) is 1.23. The van der Waals surface area contributed by atoms with E-state index in [1.54, 1.807) is 24.3 Å². The second-order valence-corrected chi connectivity index (χ2v) is 3.07. The zero-order chi connectivity index (χ0) is 11.5. The van der Waals surface area contributed by atoms with E-state index in [2.05, 4.69) is 15.0 Å². The summed E-state index contributed by atoms with van der Waals surface area (Å²) in [5, 5.41) is 0. The summed E-state index contributed by atoms with van der Waals surface area (Å²) in [7, 11) is 0. The average molecular weight is 215 g/mol. The molecule has 0 amide bonds. The van der Waals surface area contributed by atoms with Crippen molar-refractivity contribution in [3.63, 3.8) is 0 Å². The monoisotopic (exact) mass is 215 g/mol. The van der Waals surface area contributed by atoms with Crippen molar-refractivity contribution >= 4 is 17.7 Å². The minimum Gasteiger partial charge on any atom is -0.368 e. The lowest BCUT2D eigenvalue weighted by atomic mass is 10.1. The Labute approximate surface area is 91.4 Å². The molecule has 4 N–H and O–H groups in total. The predicted octanol–water partition coefficient (Wildman–Crippen LogP) is 0.267. The van der Waals surface area contributed by atoms with Crippen LogP contribution < -0.4 is 11.5 Å². The summed E-state index contributed by atoms with van der Waals surface area (Å²) in [6, 6.07) is 8.65. The molecule has 0 radical (unpaired) electrons. The zero-order valence-electron chi connectivity index (χ0n) is 8.29. The molecule has 1 aromatic carbocycles. The van der Waals surface area contributed by atoms with Gasteiger partial charge in [-0.3, -0.25) is 4.79 Å². The van der Waals surface area contributed by atoms with Crippen LogP contribution in [-0.2, 0) is 0 Å². The first-order chi connectivity index (χ1) is 7.66. The smallest absolute Gasteiger partial charge is 0.230 e. The summed E-state index contributed by atoms with van der Waals surface area (Å²) >= 11 is 0. The minimum absolute atomic E-state index is 0.0452. The van der Waals surface area contributed by atoms with E-state index >= 15 is 0 Å². The first kappa shape index (κ1) is 10.0. The van der Waals surface area contributed by atoms with E-state index < -0.39 is 0 Å². The Morgan fingerprint density at radius 3 is 2.06 bits per heavy atom. The summed E-state index contributed by atoms with van der Waals surface area (Å²) < 4.78 is 0. The predicted molar refractivity (Wildman–Crippen MR) is 58.5 cm³/mol. The van der Waals surface area contributed by atoms with E-state index in [9.17, 15) is 4.79 Å². The third-order valence-corrected chi connectivity index (χ3v) is 1.91. The number of rotatable bonds is 2. The molecule has 6 heteroatoms. The highest BCUT2D eigenvalue weighted by Gasteiger charge is 2.13. The van der Waals surface area contributed by atoms with Gasteiger partial charge >= 0.3 is 0 Å². The number of anilines is 2. The quantitative estimate of drug-likeness (QED) is 0.696. The number of nitrogens with two attached hydrogens (primary N) is 2. The molecule has 0 saturated heterocycles. The average Bonchev–Trinajstić information content (AvgIpc) is 2.28. The summed E-state index contributed by atoms with van der Waals surface area (Å²) in [5.41, 5.74) is 11.2. The summed E-state index contributed by atoms with van der Waals surface area (Å²) in [6.07, 6.45) is 0. The molecule has 0 atom stereocenters. The molecule has 0 spiro atoms. The van der Waals surface area contributed by atoms with Crippen LogP contribution >= 0.6 is 0 Å². The molecule has 2 aromatic rings.